The topological polar surface area (TPSA) is 108 Å². The highest BCUT2D eigenvalue weighted by atomic mass is 32.2. The van der Waals surface area contributed by atoms with Gasteiger partial charge in [0, 0.05) is 6.92 Å². The number of ether oxygens (including phenoxy) is 1. The molecule has 19 heavy (non-hydrogen) atoms. The first-order valence-corrected chi connectivity index (χ1v) is 6.65. The molecule has 0 fully saturated rings. The van der Waals surface area contributed by atoms with Gasteiger partial charge in [-0.25, -0.2) is 17.9 Å². The molecule has 0 saturated carbocycles. The number of halogens is 1. The molecule has 0 unspecified atom stereocenters. The van der Waals surface area contributed by atoms with E-state index in [0.29, 0.717) is 5.89 Å². The second-order valence-corrected chi connectivity index (χ2v) is 5.22. The zero-order chi connectivity index (χ0) is 14.0. The minimum atomic E-state index is -3.94. The smallest absolute Gasteiger partial charge is 0.238 e. The van der Waals surface area contributed by atoms with E-state index < -0.39 is 15.8 Å². The standard InChI is InChI=1S/C10H10FN3O4S/c1-6-13-10(14-18-6)5-17-9-3-2-7(4-8(9)11)19(12,15)16/h2-4H,5H2,1H3,(H2,12,15,16). The SMILES string of the molecule is Cc1nc(COc2ccc(S(N)(=O)=O)cc2F)no1. The van der Waals surface area contributed by atoms with Crippen LogP contribution >= 0.6 is 0 Å². The lowest BCUT2D eigenvalue weighted by Crippen LogP contribution is -2.12. The van der Waals surface area contributed by atoms with Gasteiger partial charge in [0.15, 0.2) is 18.2 Å². The molecular formula is C10H10FN3O4S. The van der Waals surface area contributed by atoms with Crippen molar-refractivity contribution in [2.45, 2.75) is 18.4 Å². The van der Waals surface area contributed by atoms with Gasteiger partial charge in [-0.3, -0.25) is 0 Å². The summed E-state index contributed by atoms with van der Waals surface area (Å²) in [7, 11) is -3.94. The van der Waals surface area contributed by atoms with Crippen LogP contribution in [0.5, 0.6) is 5.75 Å². The van der Waals surface area contributed by atoms with Crippen LogP contribution in [0.4, 0.5) is 4.39 Å². The van der Waals surface area contributed by atoms with E-state index in [1.54, 1.807) is 6.92 Å². The molecule has 1 heterocycles. The Morgan fingerprint density at radius 3 is 2.74 bits per heavy atom. The van der Waals surface area contributed by atoms with Crippen molar-refractivity contribution < 1.29 is 22.1 Å². The van der Waals surface area contributed by atoms with Crippen LogP contribution in [0.1, 0.15) is 11.7 Å². The normalized spacial score (nSPS) is 11.5. The number of nitrogens with two attached hydrogens (primary N) is 1. The Morgan fingerprint density at radius 1 is 1.47 bits per heavy atom. The van der Waals surface area contributed by atoms with Crippen LogP contribution < -0.4 is 9.88 Å². The highest BCUT2D eigenvalue weighted by molar-refractivity contribution is 7.89. The summed E-state index contributed by atoms with van der Waals surface area (Å²) in [6, 6.07) is 3.10. The van der Waals surface area contributed by atoms with E-state index in [-0.39, 0.29) is 23.1 Å². The largest absolute Gasteiger partial charge is 0.482 e. The molecule has 0 saturated heterocycles. The summed E-state index contributed by atoms with van der Waals surface area (Å²) < 4.78 is 45.4. The molecule has 0 bridgehead atoms. The molecule has 9 heteroatoms. The van der Waals surface area contributed by atoms with Crippen LogP contribution in [-0.2, 0) is 16.6 Å². The van der Waals surface area contributed by atoms with Crippen molar-refractivity contribution in [3.8, 4) is 5.75 Å². The lowest BCUT2D eigenvalue weighted by atomic mass is 10.3. The first kappa shape index (κ1) is 13.4. The molecule has 2 rings (SSSR count). The van der Waals surface area contributed by atoms with E-state index in [1.807, 2.05) is 0 Å². The zero-order valence-electron chi connectivity index (χ0n) is 9.83. The van der Waals surface area contributed by atoms with Crippen molar-refractivity contribution in [3.63, 3.8) is 0 Å². The Balaban J connectivity index is 2.14. The van der Waals surface area contributed by atoms with E-state index in [0.717, 1.165) is 12.1 Å². The number of benzene rings is 1. The first-order valence-electron chi connectivity index (χ1n) is 5.10. The van der Waals surface area contributed by atoms with Gasteiger partial charge in [0.05, 0.1) is 4.90 Å². The van der Waals surface area contributed by atoms with Gasteiger partial charge in [0.2, 0.25) is 21.7 Å². The van der Waals surface area contributed by atoms with Crippen molar-refractivity contribution >= 4 is 10.0 Å². The molecule has 2 N–H and O–H groups in total. The highest BCUT2D eigenvalue weighted by Crippen LogP contribution is 2.21. The Hall–Kier alpha value is -2.00. The average molecular weight is 287 g/mol. The van der Waals surface area contributed by atoms with Gasteiger partial charge in [-0.1, -0.05) is 5.16 Å². The van der Waals surface area contributed by atoms with Crippen LogP contribution in [-0.4, -0.2) is 18.6 Å². The molecule has 0 radical (unpaired) electrons. The van der Waals surface area contributed by atoms with Crippen molar-refractivity contribution in [2.24, 2.45) is 5.14 Å². The fourth-order valence-corrected chi connectivity index (χ4v) is 1.84. The fraction of sp³-hybridized carbons (Fsp3) is 0.200. The predicted octanol–water partition coefficient (Wildman–Crippen LogP) is 0.744. The van der Waals surface area contributed by atoms with Gasteiger partial charge in [0.1, 0.15) is 0 Å². The second-order valence-electron chi connectivity index (χ2n) is 3.66. The summed E-state index contributed by atoms with van der Waals surface area (Å²) in [5.74, 6) is -0.349. The zero-order valence-corrected chi connectivity index (χ0v) is 10.6. The number of aromatic nitrogens is 2. The van der Waals surface area contributed by atoms with E-state index in [2.05, 4.69) is 10.1 Å². The second kappa shape index (κ2) is 4.94. The summed E-state index contributed by atoms with van der Waals surface area (Å²) in [6.45, 7) is 1.51. The first-order chi connectivity index (χ1) is 8.86. The summed E-state index contributed by atoms with van der Waals surface area (Å²) in [6.07, 6.45) is 0. The Bertz CT molecular complexity index is 699. The Kier molecular flexibility index (Phi) is 3.49. The third kappa shape index (κ3) is 3.26. The molecule has 0 aliphatic rings. The van der Waals surface area contributed by atoms with Crippen LogP contribution in [0.2, 0.25) is 0 Å². The van der Waals surface area contributed by atoms with Gasteiger partial charge in [-0.2, -0.15) is 4.98 Å². The van der Waals surface area contributed by atoms with Crippen LogP contribution in [0.25, 0.3) is 0 Å². The Labute approximate surface area is 108 Å². The molecule has 0 amide bonds. The maximum absolute atomic E-state index is 13.6. The van der Waals surface area contributed by atoms with Gasteiger partial charge in [-0.05, 0) is 18.2 Å². The van der Waals surface area contributed by atoms with Crippen LogP contribution in [0, 0.1) is 12.7 Å². The van der Waals surface area contributed by atoms with E-state index in [1.165, 1.54) is 6.07 Å². The van der Waals surface area contributed by atoms with Crippen molar-refractivity contribution in [1.82, 2.24) is 10.1 Å². The molecular weight excluding hydrogens is 277 g/mol. The summed E-state index contributed by atoms with van der Waals surface area (Å²) in [5.41, 5.74) is 0. The highest BCUT2D eigenvalue weighted by Gasteiger charge is 2.13. The third-order valence-corrected chi connectivity index (χ3v) is 3.07. The third-order valence-electron chi connectivity index (χ3n) is 2.16. The lowest BCUT2D eigenvalue weighted by molar-refractivity contribution is 0.272. The van der Waals surface area contributed by atoms with E-state index in [9.17, 15) is 12.8 Å². The number of sulfonamides is 1. The average Bonchev–Trinajstić information content (AvgIpc) is 2.72. The summed E-state index contributed by atoms with van der Waals surface area (Å²) in [5, 5.41) is 8.44. The van der Waals surface area contributed by atoms with E-state index >= 15 is 0 Å². The number of hydrogen-bond donors (Lipinski definition) is 1. The maximum Gasteiger partial charge on any atom is 0.238 e. The van der Waals surface area contributed by atoms with Gasteiger partial charge < -0.3 is 9.26 Å². The number of aryl methyl sites for hydroxylation is 1. The molecule has 1 aromatic carbocycles. The predicted molar refractivity (Wildman–Crippen MR) is 61.1 cm³/mol. The molecule has 7 nitrogen and oxygen atoms in total. The van der Waals surface area contributed by atoms with Crippen LogP contribution in [0.3, 0.4) is 0 Å². The fourth-order valence-electron chi connectivity index (χ4n) is 1.32. The van der Waals surface area contributed by atoms with Crippen molar-refractivity contribution in [2.75, 3.05) is 0 Å². The maximum atomic E-state index is 13.6. The van der Waals surface area contributed by atoms with Crippen molar-refractivity contribution in [1.29, 1.82) is 0 Å². The molecule has 0 spiro atoms. The van der Waals surface area contributed by atoms with Gasteiger partial charge in [-0.15, -0.1) is 0 Å². The van der Waals surface area contributed by atoms with E-state index in [4.69, 9.17) is 14.4 Å². The molecule has 102 valence electrons. The molecule has 1 aromatic heterocycles. The molecule has 2 aromatic rings. The van der Waals surface area contributed by atoms with Gasteiger partial charge in [0.25, 0.3) is 0 Å². The minimum absolute atomic E-state index is 0.0943. The molecule has 0 aliphatic heterocycles. The molecule has 0 atom stereocenters. The summed E-state index contributed by atoms with van der Waals surface area (Å²) >= 11 is 0. The number of primary sulfonamides is 1. The molecule has 0 aliphatic carbocycles. The quantitative estimate of drug-likeness (QED) is 0.888. The van der Waals surface area contributed by atoms with Crippen LogP contribution in [0.15, 0.2) is 27.6 Å². The Morgan fingerprint density at radius 2 is 2.21 bits per heavy atom. The monoisotopic (exact) mass is 287 g/mol. The summed E-state index contributed by atoms with van der Waals surface area (Å²) in [4.78, 5) is 3.54. The lowest BCUT2D eigenvalue weighted by Gasteiger charge is -2.05. The number of rotatable bonds is 4. The van der Waals surface area contributed by atoms with Gasteiger partial charge >= 0.3 is 0 Å². The minimum Gasteiger partial charge on any atom is -0.482 e. The number of nitrogens with zero attached hydrogens (tertiary/aromatic N) is 2. The van der Waals surface area contributed by atoms with Crippen molar-refractivity contribution in [3.05, 3.63) is 35.7 Å². The number of hydrogen-bond acceptors (Lipinski definition) is 6.